The number of nitrogens with one attached hydrogen (secondary N) is 1. The monoisotopic (exact) mass is 478 g/mol. The topological polar surface area (TPSA) is 47.3 Å². The predicted octanol–water partition coefficient (Wildman–Crippen LogP) is 7.74. The van der Waals surface area contributed by atoms with E-state index in [1.165, 1.54) is 16.7 Å². The Labute approximate surface area is 216 Å². The van der Waals surface area contributed by atoms with Gasteiger partial charge >= 0.3 is 0 Å². The van der Waals surface area contributed by atoms with E-state index in [-0.39, 0.29) is 0 Å². The van der Waals surface area contributed by atoms with Crippen molar-refractivity contribution >= 4 is 11.3 Å². The van der Waals surface area contributed by atoms with Crippen LogP contribution in [0.15, 0.2) is 110 Å². The first-order valence-electron chi connectivity index (χ1n) is 12.5. The second-order valence-electron chi connectivity index (χ2n) is 9.16. The van der Waals surface area contributed by atoms with Gasteiger partial charge in [-0.15, -0.1) is 0 Å². The van der Waals surface area contributed by atoms with Crippen LogP contribution in [0, 0.1) is 6.92 Å². The van der Waals surface area contributed by atoms with E-state index in [1.807, 2.05) is 49.7 Å². The average Bonchev–Trinajstić information content (AvgIpc) is 2.86. The van der Waals surface area contributed by atoms with E-state index >= 15 is 0 Å². The van der Waals surface area contributed by atoms with Crippen LogP contribution < -0.4 is 15.8 Å². The third-order valence-electron chi connectivity index (χ3n) is 6.28. The molecule has 3 nitrogen and oxygen atoms in total. The Morgan fingerprint density at radius 2 is 1.97 bits per heavy atom. The largest absolute Gasteiger partial charge is 0.464 e. The molecule has 0 spiro atoms. The second kappa shape index (κ2) is 13.2. The van der Waals surface area contributed by atoms with Crippen molar-refractivity contribution in [3.63, 3.8) is 0 Å². The van der Waals surface area contributed by atoms with Gasteiger partial charge in [0.2, 0.25) is 0 Å². The summed E-state index contributed by atoms with van der Waals surface area (Å²) < 4.78 is 5.97. The van der Waals surface area contributed by atoms with Gasteiger partial charge in [0, 0.05) is 23.9 Å². The molecule has 0 unspecified atom stereocenters. The molecule has 0 fully saturated rings. The number of aryl methyl sites for hydroxylation is 1. The molecule has 3 rings (SSSR count). The van der Waals surface area contributed by atoms with Gasteiger partial charge in [-0.1, -0.05) is 73.7 Å². The van der Waals surface area contributed by atoms with Crippen molar-refractivity contribution in [3.8, 4) is 5.75 Å². The van der Waals surface area contributed by atoms with Crippen LogP contribution in [-0.4, -0.2) is 7.05 Å². The molecular formula is C33H38N2O. The fourth-order valence-electron chi connectivity index (χ4n) is 4.24. The lowest BCUT2D eigenvalue weighted by molar-refractivity contribution is 0.478. The highest BCUT2D eigenvalue weighted by molar-refractivity contribution is 5.78. The molecular weight excluding hydrogens is 440 g/mol. The maximum absolute atomic E-state index is 6.41. The summed E-state index contributed by atoms with van der Waals surface area (Å²) in [5, 5.41) is 3.02. The molecule has 1 aliphatic heterocycles. The Morgan fingerprint density at radius 3 is 2.75 bits per heavy atom. The standard InChI is InChI=1S/C33H38N2O/c1-24(21-32(34)29-16-9-8-13-25(29)2)17-18-27(4)30-23-33-31(26(3)14-10-12-20-36-33)22-28(30)15-7-6-11-19-35-5/h6-14,16-17,19-23,27,35H,3,15,18,34H2,1-2,4-5H3/b7-6-,14-10-,19-11-,20-12-,24-17-,32-21-/t27-/m1/s1. The molecule has 0 bridgehead atoms. The van der Waals surface area contributed by atoms with Gasteiger partial charge in [-0.2, -0.15) is 0 Å². The van der Waals surface area contributed by atoms with Crippen LogP contribution >= 0.6 is 0 Å². The molecule has 0 amide bonds. The van der Waals surface area contributed by atoms with Gasteiger partial charge in [0.05, 0.1) is 6.26 Å². The Morgan fingerprint density at radius 1 is 1.17 bits per heavy atom. The summed E-state index contributed by atoms with van der Waals surface area (Å²) in [6.07, 6.45) is 21.8. The van der Waals surface area contributed by atoms with Crippen molar-refractivity contribution < 1.29 is 4.74 Å². The number of nitrogens with two attached hydrogens (primary N) is 1. The lowest BCUT2D eigenvalue weighted by Gasteiger charge is -2.20. The Bertz CT molecular complexity index is 1250. The fourth-order valence-corrected chi connectivity index (χ4v) is 4.24. The maximum atomic E-state index is 6.41. The Hall–Kier alpha value is -3.98. The van der Waals surface area contributed by atoms with Crippen molar-refractivity contribution in [2.24, 2.45) is 5.73 Å². The first-order valence-corrected chi connectivity index (χ1v) is 12.5. The van der Waals surface area contributed by atoms with Crippen LogP contribution in [0.1, 0.15) is 54.0 Å². The lowest BCUT2D eigenvalue weighted by atomic mass is 9.88. The zero-order chi connectivity index (χ0) is 25.9. The van der Waals surface area contributed by atoms with Gasteiger partial charge in [0.1, 0.15) is 5.75 Å². The zero-order valence-electron chi connectivity index (χ0n) is 21.9. The molecule has 3 N–H and O–H groups in total. The summed E-state index contributed by atoms with van der Waals surface area (Å²) in [5.41, 5.74) is 15.2. The molecule has 0 aromatic heterocycles. The molecule has 1 heterocycles. The van der Waals surface area contributed by atoms with Crippen LogP contribution in [0.3, 0.4) is 0 Å². The van der Waals surface area contributed by atoms with Crippen molar-refractivity contribution in [1.82, 2.24) is 5.32 Å². The van der Waals surface area contributed by atoms with Crippen LogP contribution in [0.25, 0.3) is 11.3 Å². The van der Waals surface area contributed by atoms with E-state index in [0.29, 0.717) is 5.92 Å². The van der Waals surface area contributed by atoms with E-state index in [2.05, 4.69) is 81.2 Å². The first kappa shape index (κ1) is 26.6. The van der Waals surface area contributed by atoms with Crippen molar-refractivity contribution in [2.75, 3.05) is 7.05 Å². The predicted molar refractivity (Wildman–Crippen MR) is 156 cm³/mol. The quantitative estimate of drug-likeness (QED) is 0.362. The van der Waals surface area contributed by atoms with E-state index in [9.17, 15) is 0 Å². The van der Waals surface area contributed by atoms with Gasteiger partial charge < -0.3 is 15.8 Å². The number of hydrogen-bond donors (Lipinski definition) is 2. The van der Waals surface area contributed by atoms with Gasteiger partial charge in [0.25, 0.3) is 0 Å². The first-order chi connectivity index (χ1) is 17.4. The van der Waals surface area contributed by atoms with Gasteiger partial charge in [0.15, 0.2) is 0 Å². The van der Waals surface area contributed by atoms with E-state index in [1.54, 1.807) is 6.26 Å². The molecule has 3 heteroatoms. The van der Waals surface area contributed by atoms with Crippen LogP contribution in [0.5, 0.6) is 5.75 Å². The number of benzene rings is 2. The molecule has 1 aliphatic rings. The molecule has 0 saturated heterocycles. The minimum atomic E-state index is 0.302. The number of rotatable bonds is 9. The third kappa shape index (κ3) is 7.26. The number of ether oxygens (including phenoxy) is 1. The van der Waals surface area contributed by atoms with E-state index in [0.717, 1.165) is 46.6 Å². The highest BCUT2D eigenvalue weighted by atomic mass is 16.5. The molecule has 2 aromatic carbocycles. The average molecular weight is 479 g/mol. The minimum Gasteiger partial charge on any atom is -0.464 e. The molecule has 0 aliphatic carbocycles. The normalized spacial score (nSPS) is 16.8. The molecule has 0 radical (unpaired) electrons. The van der Waals surface area contributed by atoms with Gasteiger partial charge in [-0.25, -0.2) is 0 Å². The Balaban J connectivity index is 1.89. The summed E-state index contributed by atoms with van der Waals surface area (Å²) in [7, 11) is 1.89. The zero-order valence-corrected chi connectivity index (χ0v) is 21.9. The smallest absolute Gasteiger partial charge is 0.134 e. The van der Waals surface area contributed by atoms with Crippen molar-refractivity contribution in [2.45, 2.75) is 39.5 Å². The second-order valence-corrected chi connectivity index (χ2v) is 9.16. The van der Waals surface area contributed by atoms with Crippen molar-refractivity contribution in [1.29, 1.82) is 0 Å². The van der Waals surface area contributed by atoms with Gasteiger partial charge in [-0.3, -0.25) is 0 Å². The summed E-state index contributed by atoms with van der Waals surface area (Å²) in [6, 6.07) is 12.6. The van der Waals surface area contributed by atoms with Crippen LogP contribution in [0.2, 0.25) is 0 Å². The van der Waals surface area contributed by atoms with Crippen LogP contribution in [-0.2, 0) is 6.42 Å². The summed E-state index contributed by atoms with van der Waals surface area (Å²) in [5.74, 6) is 1.14. The fraction of sp³-hybridized carbons (Fsp3) is 0.212. The molecule has 36 heavy (non-hydrogen) atoms. The number of fused-ring (bicyclic) bond motifs is 1. The maximum Gasteiger partial charge on any atom is 0.134 e. The third-order valence-corrected chi connectivity index (χ3v) is 6.28. The van der Waals surface area contributed by atoms with Crippen LogP contribution in [0.4, 0.5) is 0 Å². The number of hydrogen-bond acceptors (Lipinski definition) is 3. The molecule has 2 aromatic rings. The Kier molecular flexibility index (Phi) is 9.76. The minimum absolute atomic E-state index is 0.302. The molecule has 0 saturated carbocycles. The molecule has 186 valence electrons. The van der Waals surface area contributed by atoms with Crippen molar-refractivity contribution in [3.05, 3.63) is 137 Å². The van der Waals surface area contributed by atoms with E-state index < -0.39 is 0 Å². The van der Waals surface area contributed by atoms with Gasteiger partial charge in [-0.05, 0) is 91.4 Å². The SMILES string of the molecule is C=C1/C=C\C=C/Oc2cc([C@H](C)C/C=C(C)\C=C(/N)c3ccccc3C)c(C/C=C\C=C/NC)cc21. The highest BCUT2D eigenvalue weighted by Gasteiger charge is 2.16. The number of allylic oxidation sites excluding steroid dienone is 10. The lowest BCUT2D eigenvalue weighted by Crippen LogP contribution is -2.03. The summed E-state index contributed by atoms with van der Waals surface area (Å²) in [4.78, 5) is 0. The molecule has 1 atom stereocenters. The van der Waals surface area contributed by atoms with E-state index in [4.69, 9.17) is 10.5 Å². The summed E-state index contributed by atoms with van der Waals surface area (Å²) in [6.45, 7) is 10.7. The summed E-state index contributed by atoms with van der Waals surface area (Å²) >= 11 is 0. The highest BCUT2D eigenvalue weighted by Crippen LogP contribution is 2.35.